The van der Waals surface area contributed by atoms with Crippen molar-refractivity contribution in [3.63, 3.8) is 0 Å². The molecule has 0 saturated heterocycles. The van der Waals surface area contributed by atoms with E-state index in [9.17, 15) is 13.2 Å². The van der Waals surface area contributed by atoms with E-state index in [1.54, 1.807) is 0 Å². The minimum atomic E-state index is -3.72. The predicted molar refractivity (Wildman–Crippen MR) is 85.6 cm³/mol. The van der Waals surface area contributed by atoms with Crippen LogP contribution in [0.1, 0.15) is 24.8 Å². The van der Waals surface area contributed by atoms with Crippen molar-refractivity contribution in [3.05, 3.63) is 28.8 Å². The standard InChI is InChI=1S/C12H16ClN3O3S2/c13-9-7-8(12(15)20)4-5-10(9)21(18,19)16-6-2-1-3-11(14)17/h4-5,7,16H,1-3,6H2,(H2,14,17)(H2,15,20). The second-order valence-corrected chi connectivity index (χ2v) is 6.91. The molecule has 0 aromatic heterocycles. The van der Waals surface area contributed by atoms with Gasteiger partial charge in [-0.2, -0.15) is 0 Å². The first-order valence-electron chi connectivity index (χ1n) is 6.11. The van der Waals surface area contributed by atoms with Gasteiger partial charge in [0.1, 0.15) is 9.88 Å². The van der Waals surface area contributed by atoms with Crippen LogP contribution in [0.4, 0.5) is 0 Å². The fraction of sp³-hybridized carbons (Fsp3) is 0.333. The van der Waals surface area contributed by atoms with Crippen molar-refractivity contribution in [1.82, 2.24) is 4.72 Å². The van der Waals surface area contributed by atoms with Gasteiger partial charge in [-0.1, -0.05) is 29.9 Å². The van der Waals surface area contributed by atoms with Crippen LogP contribution in [0.2, 0.25) is 5.02 Å². The topological polar surface area (TPSA) is 115 Å². The summed E-state index contributed by atoms with van der Waals surface area (Å²) in [5, 5.41) is 0.0462. The first-order valence-corrected chi connectivity index (χ1v) is 8.38. The molecule has 0 spiro atoms. The molecular weight excluding hydrogens is 334 g/mol. The van der Waals surface area contributed by atoms with E-state index in [1.807, 2.05) is 0 Å². The number of carbonyl (C=O) groups is 1. The molecule has 116 valence electrons. The molecule has 0 aliphatic heterocycles. The van der Waals surface area contributed by atoms with Crippen LogP contribution in [0, 0.1) is 0 Å². The molecule has 0 unspecified atom stereocenters. The SMILES string of the molecule is NC(=O)CCCCNS(=O)(=O)c1ccc(C(N)=S)cc1Cl. The van der Waals surface area contributed by atoms with Crippen molar-refractivity contribution < 1.29 is 13.2 Å². The zero-order chi connectivity index (χ0) is 16.0. The maximum absolute atomic E-state index is 12.1. The molecule has 1 amide bonds. The number of sulfonamides is 1. The Morgan fingerprint density at radius 3 is 2.48 bits per heavy atom. The lowest BCUT2D eigenvalue weighted by Gasteiger charge is -2.09. The summed E-state index contributed by atoms with van der Waals surface area (Å²) in [6, 6.07) is 4.25. The van der Waals surface area contributed by atoms with Crippen LogP contribution in [0.3, 0.4) is 0 Å². The number of benzene rings is 1. The molecule has 1 aromatic carbocycles. The number of thiocarbonyl (C=S) groups is 1. The minimum absolute atomic E-state index is 0.0425. The van der Waals surface area contributed by atoms with E-state index in [0.29, 0.717) is 18.4 Å². The summed E-state index contributed by atoms with van der Waals surface area (Å²) < 4.78 is 26.6. The highest BCUT2D eigenvalue weighted by atomic mass is 35.5. The van der Waals surface area contributed by atoms with Gasteiger partial charge in [0.05, 0.1) is 5.02 Å². The highest BCUT2D eigenvalue weighted by molar-refractivity contribution is 7.89. The molecule has 0 heterocycles. The largest absolute Gasteiger partial charge is 0.389 e. The zero-order valence-corrected chi connectivity index (χ0v) is 13.5. The predicted octanol–water partition coefficient (Wildman–Crippen LogP) is 0.908. The van der Waals surface area contributed by atoms with Gasteiger partial charge in [-0.05, 0) is 25.0 Å². The molecule has 0 aliphatic rings. The number of amides is 1. The summed E-state index contributed by atoms with van der Waals surface area (Å²) >= 11 is 10.7. The molecule has 0 bridgehead atoms. The molecule has 0 fully saturated rings. The molecule has 9 heteroatoms. The molecule has 21 heavy (non-hydrogen) atoms. The van der Waals surface area contributed by atoms with Crippen LogP contribution in [0.5, 0.6) is 0 Å². The molecule has 6 nitrogen and oxygen atoms in total. The van der Waals surface area contributed by atoms with Gasteiger partial charge in [0.15, 0.2) is 0 Å². The van der Waals surface area contributed by atoms with Gasteiger partial charge in [0.25, 0.3) is 0 Å². The first kappa shape index (κ1) is 17.8. The second-order valence-electron chi connectivity index (χ2n) is 4.33. The number of rotatable bonds is 8. The van der Waals surface area contributed by atoms with Crippen LogP contribution in [-0.2, 0) is 14.8 Å². The van der Waals surface area contributed by atoms with E-state index in [2.05, 4.69) is 4.72 Å². The van der Waals surface area contributed by atoms with Crippen LogP contribution in [-0.4, -0.2) is 25.9 Å². The fourth-order valence-electron chi connectivity index (χ4n) is 1.58. The van der Waals surface area contributed by atoms with Crippen molar-refractivity contribution in [2.75, 3.05) is 6.54 Å². The van der Waals surface area contributed by atoms with E-state index in [0.717, 1.165) is 0 Å². The number of nitrogens with one attached hydrogen (secondary N) is 1. The molecule has 1 rings (SSSR count). The minimum Gasteiger partial charge on any atom is -0.389 e. The maximum atomic E-state index is 12.1. The Labute approximate surface area is 133 Å². The van der Waals surface area contributed by atoms with E-state index in [-0.39, 0.29) is 27.9 Å². The van der Waals surface area contributed by atoms with E-state index in [4.69, 9.17) is 35.3 Å². The van der Waals surface area contributed by atoms with E-state index >= 15 is 0 Å². The monoisotopic (exact) mass is 349 g/mol. The fourth-order valence-corrected chi connectivity index (χ4v) is 3.32. The molecule has 0 saturated carbocycles. The third-order valence-corrected chi connectivity index (χ3v) is 4.83. The lowest BCUT2D eigenvalue weighted by molar-refractivity contribution is -0.118. The Morgan fingerprint density at radius 2 is 1.95 bits per heavy atom. The molecular formula is C12H16ClN3O3S2. The van der Waals surface area contributed by atoms with Crippen molar-refractivity contribution >= 4 is 44.7 Å². The first-order chi connectivity index (χ1) is 9.74. The van der Waals surface area contributed by atoms with Gasteiger partial charge in [0.2, 0.25) is 15.9 Å². The summed E-state index contributed by atoms with van der Waals surface area (Å²) in [6.07, 6.45) is 1.25. The van der Waals surface area contributed by atoms with Gasteiger partial charge in [-0.15, -0.1) is 0 Å². The Bertz CT molecular complexity index is 647. The number of nitrogens with two attached hydrogens (primary N) is 2. The summed E-state index contributed by atoms with van der Waals surface area (Å²) in [4.78, 5) is 10.7. The average Bonchev–Trinajstić information content (AvgIpc) is 2.37. The van der Waals surface area contributed by atoms with E-state index in [1.165, 1.54) is 18.2 Å². The number of hydrogen-bond acceptors (Lipinski definition) is 4. The Balaban J connectivity index is 2.70. The Morgan fingerprint density at radius 1 is 1.29 bits per heavy atom. The highest BCUT2D eigenvalue weighted by Gasteiger charge is 2.17. The van der Waals surface area contributed by atoms with Gasteiger partial charge in [0, 0.05) is 18.5 Å². The molecule has 5 N–H and O–H groups in total. The molecule has 0 radical (unpaired) electrons. The van der Waals surface area contributed by atoms with Crippen LogP contribution >= 0.6 is 23.8 Å². The van der Waals surface area contributed by atoms with Crippen molar-refractivity contribution in [2.24, 2.45) is 11.5 Å². The van der Waals surface area contributed by atoms with Crippen molar-refractivity contribution in [2.45, 2.75) is 24.2 Å². The van der Waals surface area contributed by atoms with Crippen LogP contribution in [0.25, 0.3) is 0 Å². The molecule has 0 atom stereocenters. The average molecular weight is 350 g/mol. The Kier molecular flexibility index (Phi) is 6.53. The summed E-state index contributed by atoms with van der Waals surface area (Å²) in [6.45, 7) is 0.197. The number of halogens is 1. The smallest absolute Gasteiger partial charge is 0.242 e. The third kappa shape index (κ3) is 5.58. The maximum Gasteiger partial charge on any atom is 0.242 e. The quantitative estimate of drug-likeness (QED) is 0.476. The lowest BCUT2D eigenvalue weighted by Crippen LogP contribution is -2.25. The number of hydrogen-bond donors (Lipinski definition) is 3. The normalized spacial score (nSPS) is 11.3. The Hall–Kier alpha value is -1.22. The highest BCUT2D eigenvalue weighted by Crippen LogP contribution is 2.22. The van der Waals surface area contributed by atoms with Gasteiger partial charge in [-0.25, -0.2) is 13.1 Å². The summed E-state index contributed by atoms with van der Waals surface area (Å²) in [5.74, 6) is -0.408. The summed E-state index contributed by atoms with van der Waals surface area (Å²) in [7, 11) is -3.72. The van der Waals surface area contributed by atoms with Crippen LogP contribution in [0.15, 0.2) is 23.1 Å². The van der Waals surface area contributed by atoms with Crippen molar-refractivity contribution in [3.8, 4) is 0 Å². The lowest BCUT2D eigenvalue weighted by atomic mass is 10.2. The third-order valence-electron chi connectivity index (χ3n) is 2.65. The van der Waals surface area contributed by atoms with Gasteiger partial charge in [-0.3, -0.25) is 4.79 Å². The van der Waals surface area contributed by atoms with Crippen molar-refractivity contribution in [1.29, 1.82) is 0 Å². The summed E-state index contributed by atoms with van der Waals surface area (Å²) in [5.41, 5.74) is 10.9. The number of primary amides is 1. The van der Waals surface area contributed by atoms with E-state index < -0.39 is 15.9 Å². The second kappa shape index (κ2) is 7.69. The van der Waals surface area contributed by atoms with Gasteiger partial charge >= 0.3 is 0 Å². The zero-order valence-electron chi connectivity index (χ0n) is 11.1. The van der Waals surface area contributed by atoms with Crippen LogP contribution < -0.4 is 16.2 Å². The molecule has 0 aliphatic carbocycles. The molecule has 1 aromatic rings. The number of unbranched alkanes of at least 4 members (excludes halogenated alkanes) is 1. The number of carbonyl (C=O) groups excluding carboxylic acids is 1. The van der Waals surface area contributed by atoms with Gasteiger partial charge < -0.3 is 11.5 Å².